The SMILES string of the molecule is CCCN(Cc1ccccc1F)C(=O)c1ccn(C(F)F)n1. The summed E-state index contributed by atoms with van der Waals surface area (Å²) in [5.74, 6) is -0.904. The van der Waals surface area contributed by atoms with E-state index in [9.17, 15) is 18.0 Å². The van der Waals surface area contributed by atoms with Gasteiger partial charge in [-0.1, -0.05) is 25.1 Å². The molecule has 2 rings (SSSR count). The summed E-state index contributed by atoms with van der Waals surface area (Å²) in [6, 6.07) is 7.38. The second-order valence-corrected chi connectivity index (χ2v) is 4.78. The van der Waals surface area contributed by atoms with Gasteiger partial charge in [0.15, 0.2) is 5.69 Å². The Hall–Kier alpha value is -2.31. The number of benzene rings is 1. The predicted octanol–water partition coefficient (Wildman–Crippen LogP) is 3.47. The van der Waals surface area contributed by atoms with Gasteiger partial charge >= 0.3 is 6.55 Å². The molecule has 22 heavy (non-hydrogen) atoms. The Morgan fingerprint density at radius 1 is 1.32 bits per heavy atom. The van der Waals surface area contributed by atoms with Gasteiger partial charge < -0.3 is 4.90 Å². The molecule has 0 bridgehead atoms. The molecular formula is C15H16F3N3O. The van der Waals surface area contributed by atoms with Crippen LogP contribution in [0.5, 0.6) is 0 Å². The topological polar surface area (TPSA) is 38.1 Å². The van der Waals surface area contributed by atoms with Gasteiger partial charge in [-0.15, -0.1) is 0 Å². The molecule has 0 aliphatic rings. The number of rotatable bonds is 6. The van der Waals surface area contributed by atoms with Crippen molar-refractivity contribution in [2.24, 2.45) is 0 Å². The molecule has 0 saturated heterocycles. The number of hydrogen-bond donors (Lipinski definition) is 0. The number of nitrogens with zero attached hydrogens (tertiary/aromatic N) is 3. The number of halogens is 3. The smallest absolute Gasteiger partial charge is 0.333 e. The standard InChI is InChI=1S/C15H16F3N3O/c1-2-8-20(10-11-5-3-4-6-12(11)16)14(22)13-7-9-21(19-13)15(17)18/h3-7,9,15H,2,8,10H2,1H3. The molecule has 1 aromatic heterocycles. The zero-order chi connectivity index (χ0) is 16.1. The minimum absolute atomic E-state index is 0.0703. The average Bonchev–Trinajstić information content (AvgIpc) is 2.98. The largest absolute Gasteiger partial charge is 0.333 e. The lowest BCUT2D eigenvalue weighted by Gasteiger charge is -2.21. The van der Waals surface area contributed by atoms with Crippen molar-refractivity contribution in [1.82, 2.24) is 14.7 Å². The first-order valence-electron chi connectivity index (χ1n) is 6.89. The molecule has 118 valence electrons. The molecule has 0 unspecified atom stereocenters. The van der Waals surface area contributed by atoms with E-state index in [-0.39, 0.29) is 12.2 Å². The predicted molar refractivity (Wildman–Crippen MR) is 74.9 cm³/mol. The first-order chi connectivity index (χ1) is 10.5. The minimum atomic E-state index is -2.80. The number of amides is 1. The molecule has 1 amide bonds. The van der Waals surface area contributed by atoms with Gasteiger partial charge in [-0.2, -0.15) is 13.9 Å². The van der Waals surface area contributed by atoms with Gasteiger partial charge in [-0.25, -0.2) is 9.07 Å². The van der Waals surface area contributed by atoms with Gasteiger partial charge in [-0.3, -0.25) is 4.79 Å². The van der Waals surface area contributed by atoms with E-state index in [1.165, 1.54) is 17.0 Å². The van der Waals surface area contributed by atoms with Gasteiger partial charge in [0, 0.05) is 24.8 Å². The molecule has 0 saturated carbocycles. The lowest BCUT2D eigenvalue weighted by Crippen LogP contribution is -2.32. The summed E-state index contributed by atoms with van der Waals surface area (Å²) < 4.78 is 39.2. The average molecular weight is 311 g/mol. The van der Waals surface area contributed by atoms with Crippen LogP contribution >= 0.6 is 0 Å². The summed E-state index contributed by atoms with van der Waals surface area (Å²) in [4.78, 5) is 13.8. The Labute approximate surface area is 126 Å². The Kier molecular flexibility index (Phi) is 5.19. The number of carbonyl (C=O) groups is 1. The van der Waals surface area contributed by atoms with Gasteiger partial charge in [0.25, 0.3) is 5.91 Å². The lowest BCUT2D eigenvalue weighted by atomic mass is 10.2. The van der Waals surface area contributed by atoms with E-state index in [1.807, 2.05) is 6.92 Å². The lowest BCUT2D eigenvalue weighted by molar-refractivity contribution is 0.0550. The maximum Gasteiger partial charge on any atom is 0.333 e. The van der Waals surface area contributed by atoms with E-state index in [0.717, 1.165) is 6.20 Å². The molecule has 0 aliphatic heterocycles. The molecule has 7 heteroatoms. The van der Waals surface area contributed by atoms with E-state index in [0.29, 0.717) is 23.2 Å². The van der Waals surface area contributed by atoms with Crippen LogP contribution in [-0.2, 0) is 6.54 Å². The van der Waals surface area contributed by atoms with Crippen molar-refractivity contribution in [3.05, 3.63) is 53.6 Å². The summed E-state index contributed by atoms with van der Waals surface area (Å²) in [6.07, 6.45) is 1.71. The highest BCUT2D eigenvalue weighted by Crippen LogP contribution is 2.14. The van der Waals surface area contributed by atoms with Crippen LogP contribution in [0.2, 0.25) is 0 Å². The van der Waals surface area contributed by atoms with E-state index >= 15 is 0 Å². The van der Waals surface area contributed by atoms with Crippen molar-refractivity contribution in [3.8, 4) is 0 Å². The first kappa shape index (κ1) is 16.1. The molecule has 0 radical (unpaired) electrons. The van der Waals surface area contributed by atoms with E-state index in [4.69, 9.17) is 0 Å². The molecule has 0 spiro atoms. The summed E-state index contributed by atoms with van der Waals surface area (Å²) in [6.45, 7) is -0.470. The second-order valence-electron chi connectivity index (χ2n) is 4.78. The molecule has 1 heterocycles. The van der Waals surface area contributed by atoms with Crippen molar-refractivity contribution in [3.63, 3.8) is 0 Å². The fourth-order valence-corrected chi connectivity index (χ4v) is 2.08. The summed E-state index contributed by atoms with van der Waals surface area (Å²) in [7, 11) is 0. The third kappa shape index (κ3) is 3.66. The quantitative estimate of drug-likeness (QED) is 0.819. The van der Waals surface area contributed by atoms with Gasteiger partial charge in [-0.05, 0) is 18.6 Å². The van der Waals surface area contributed by atoms with Crippen LogP contribution in [-0.4, -0.2) is 27.1 Å². The molecule has 0 aliphatic carbocycles. The molecule has 0 atom stereocenters. The van der Waals surface area contributed by atoms with Crippen LogP contribution in [0, 0.1) is 5.82 Å². The second kappa shape index (κ2) is 7.11. The summed E-state index contributed by atoms with van der Waals surface area (Å²) >= 11 is 0. The maximum atomic E-state index is 13.7. The van der Waals surface area contributed by atoms with Gasteiger partial charge in [0.1, 0.15) is 5.82 Å². The Bertz CT molecular complexity index is 642. The Balaban J connectivity index is 2.19. The first-order valence-corrected chi connectivity index (χ1v) is 6.89. The van der Waals surface area contributed by atoms with E-state index in [1.54, 1.807) is 18.2 Å². The van der Waals surface area contributed by atoms with Crippen LogP contribution in [0.1, 0.15) is 35.9 Å². The summed E-state index contributed by atoms with van der Waals surface area (Å²) in [5.41, 5.74) is 0.294. The van der Waals surface area contributed by atoms with Gasteiger partial charge in [0.2, 0.25) is 0 Å². The van der Waals surface area contributed by atoms with Crippen molar-refractivity contribution in [2.45, 2.75) is 26.4 Å². The number of carbonyl (C=O) groups excluding carboxylic acids is 1. The molecule has 2 aromatic rings. The number of hydrogen-bond acceptors (Lipinski definition) is 2. The van der Waals surface area contributed by atoms with Crippen LogP contribution in [0.15, 0.2) is 36.5 Å². The Morgan fingerprint density at radius 3 is 2.64 bits per heavy atom. The van der Waals surface area contributed by atoms with E-state index < -0.39 is 18.3 Å². The number of alkyl halides is 2. The van der Waals surface area contributed by atoms with Gasteiger partial charge in [0.05, 0.1) is 0 Å². The van der Waals surface area contributed by atoms with Crippen molar-refractivity contribution < 1.29 is 18.0 Å². The van der Waals surface area contributed by atoms with E-state index in [2.05, 4.69) is 5.10 Å². The fraction of sp³-hybridized carbons (Fsp3) is 0.333. The molecule has 4 nitrogen and oxygen atoms in total. The van der Waals surface area contributed by atoms with Crippen molar-refractivity contribution >= 4 is 5.91 Å². The third-order valence-electron chi connectivity index (χ3n) is 3.13. The number of aromatic nitrogens is 2. The Morgan fingerprint density at radius 2 is 2.05 bits per heavy atom. The van der Waals surface area contributed by atoms with Crippen LogP contribution < -0.4 is 0 Å². The monoisotopic (exact) mass is 311 g/mol. The maximum absolute atomic E-state index is 13.7. The minimum Gasteiger partial charge on any atom is -0.333 e. The fourth-order valence-electron chi connectivity index (χ4n) is 2.08. The summed E-state index contributed by atoms with van der Waals surface area (Å²) in [5, 5.41) is 3.56. The van der Waals surface area contributed by atoms with Crippen LogP contribution in [0.3, 0.4) is 0 Å². The molecule has 1 aromatic carbocycles. The zero-order valence-electron chi connectivity index (χ0n) is 12.0. The van der Waals surface area contributed by atoms with Crippen LogP contribution in [0.25, 0.3) is 0 Å². The molecule has 0 N–H and O–H groups in total. The van der Waals surface area contributed by atoms with Crippen molar-refractivity contribution in [1.29, 1.82) is 0 Å². The van der Waals surface area contributed by atoms with Crippen molar-refractivity contribution in [2.75, 3.05) is 6.54 Å². The molecular weight excluding hydrogens is 295 g/mol. The third-order valence-corrected chi connectivity index (χ3v) is 3.13. The zero-order valence-corrected chi connectivity index (χ0v) is 12.0. The molecule has 0 fully saturated rings. The highest BCUT2D eigenvalue weighted by Gasteiger charge is 2.20. The normalized spacial score (nSPS) is 11.0. The highest BCUT2D eigenvalue weighted by molar-refractivity contribution is 5.92. The van der Waals surface area contributed by atoms with Crippen LogP contribution in [0.4, 0.5) is 13.2 Å². The highest BCUT2D eigenvalue weighted by atomic mass is 19.3.